The van der Waals surface area contributed by atoms with E-state index in [-0.39, 0.29) is 40.9 Å². The highest BCUT2D eigenvalue weighted by atomic mass is 32.2. The van der Waals surface area contributed by atoms with Crippen molar-refractivity contribution in [3.05, 3.63) is 35.4 Å². The Morgan fingerprint density at radius 3 is 2.60 bits per heavy atom. The number of esters is 1. The lowest BCUT2D eigenvalue weighted by molar-refractivity contribution is -0.158. The standard InChI is InChI=1S/C26H38N10O14P2S/c27-13(2-1-12-6-30-11-53-12)25(38)49-21-16(48-24(20(21)37)36-10-33-19-22(29)31-9-32-23(19)36)8-46-52(43,44)50-14-5-18(35-4-3-17(28)34-26(35)39)47-15(14)7-45-51(40,41)42/h3-4,9-10,12-16,18,20-21,24,30,37H,1-2,5-8,11,27H2,(H,43,44)(H2,28,34,39)(H2,29,31,32)(H2,40,41,42)/t12-,13?,14-,15+,16-,18?,20+,21+,24?/m0/s1. The van der Waals surface area contributed by atoms with E-state index in [0.29, 0.717) is 6.42 Å². The number of aromatic nitrogens is 6. The Balaban J connectivity index is 1.17. The number of anilines is 2. The Kier molecular flexibility index (Phi) is 12.2. The maximum absolute atomic E-state index is 13.3. The average Bonchev–Trinajstić information content (AvgIpc) is 3.89. The van der Waals surface area contributed by atoms with Gasteiger partial charge in [-0.3, -0.25) is 27.5 Å². The summed E-state index contributed by atoms with van der Waals surface area (Å²) in [5.74, 6) is -0.116. The molecule has 0 spiro atoms. The van der Waals surface area contributed by atoms with E-state index < -0.39 is 89.5 Å². The lowest BCUT2D eigenvalue weighted by Crippen LogP contribution is -2.43. The number of fused-ring (bicyclic) bond motifs is 1. The van der Waals surface area contributed by atoms with Gasteiger partial charge < -0.3 is 56.5 Å². The van der Waals surface area contributed by atoms with Crippen molar-refractivity contribution in [3.63, 3.8) is 0 Å². The van der Waals surface area contributed by atoms with Gasteiger partial charge in [-0.25, -0.2) is 28.9 Å². The lowest BCUT2D eigenvalue weighted by Gasteiger charge is -2.24. The highest BCUT2D eigenvalue weighted by Crippen LogP contribution is 2.50. The van der Waals surface area contributed by atoms with Crippen LogP contribution in [0, 0.1) is 0 Å². The molecule has 6 heterocycles. The number of nitrogens with one attached hydrogen (secondary N) is 1. The molecule has 0 radical (unpaired) electrons. The number of nitrogen functional groups attached to an aromatic ring is 2. The zero-order valence-electron chi connectivity index (χ0n) is 27.5. The third kappa shape index (κ3) is 9.58. The van der Waals surface area contributed by atoms with Crippen LogP contribution in [-0.4, -0.2) is 122 Å². The molecule has 4 unspecified atom stereocenters. The molecule has 3 aliphatic heterocycles. The Hall–Kier alpha value is -3.13. The van der Waals surface area contributed by atoms with Crippen molar-refractivity contribution < 1.29 is 61.5 Å². The number of carbonyl (C=O) groups excluding carboxylic acids is 1. The molecule has 27 heteroatoms. The topological polar surface area (TPSA) is 356 Å². The number of ether oxygens (including phenoxy) is 3. The summed E-state index contributed by atoms with van der Waals surface area (Å²) < 4.78 is 59.5. The normalized spacial score (nSPS) is 29.4. The number of hydrogen-bond acceptors (Lipinski definition) is 20. The third-order valence-corrected chi connectivity index (χ3v) is 11.3. The van der Waals surface area contributed by atoms with Crippen molar-refractivity contribution >= 4 is 56.2 Å². The first-order valence-electron chi connectivity index (χ1n) is 16.0. The van der Waals surface area contributed by atoms with Gasteiger partial charge in [0.1, 0.15) is 54.3 Å². The van der Waals surface area contributed by atoms with E-state index in [2.05, 4.69) is 29.8 Å². The molecule has 0 amide bonds. The number of aliphatic hydroxyl groups excluding tert-OH is 1. The molecular formula is C26H38N10O14P2S. The average molecular weight is 809 g/mol. The van der Waals surface area contributed by atoms with Crippen molar-refractivity contribution in [2.45, 2.75) is 73.5 Å². The molecule has 10 atom stereocenters. The Morgan fingerprint density at radius 1 is 1.11 bits per heavy atom. The van der Waals surface area contributed by atoms with Crippen molar-refractivity contribution in [1.29, 1.82) is 0 Å². The van der Waals surface area contributed by atoms with Crippen LogP contribution in [0.1, 0.15) is 31.7 Å². The predicted molar refractivity (Wildman–Crippen MR) is 181 cm³/mol. The minimum absolute atomic E-state index is 0.0456. The van der Waals surface area contributed by atoms with Crippen LogP contribution in [0.2, 0.25) is 0 Å². The fraction of sp³-hybridized carbons (Fsp3) is 0.615. The Labute approximate surface area is 303 Å². The quantitative estimate of drug-likeness (QED) is 0.0613. The molecule has 0 bridgehead atoms. The van der Waals surface area contributed by atoms with Crippen molar-refractivity contribution in [2.75, 3.05) is 37.1 Å². The highest BCUT2D eigenvalue weighted by molar-refractivity contribution is 8.00. The number of hydrogen-bond donors (Lipinski definition) is 8. The zero-order chi connectivity index (χ0) is 38.1. The molecule has 3 aliphatic rings. The number of nitrogens with two attached hydrogens (primary N) is 3. The molecule has 0 aromatic carbocycles. The second-order valence-corrected chi connectivity index (χ2v) is 16.1. The number of rotatable bonds is 15. The van der Waals surface area contributed by atoms with Gasteiger partial charge >= 0.3 is 27.3 Å². The van der Waals surface area contributed by atoms with Gasteiger partial charge in [-0.2, -0.15) is 4.98 Å². The first kappa shape index (κ1) is 39.6. The van der Waals surface area contributed by atoms with E-state index in [4.69, 9.17) is 40.5 Å². The smallest absolute Gasteiger partial charge is 0.455 e. The van der Waals surface area contributed by atoms with Gasteiger partial charge in [0.15, 0.2) is 23.8 Å². The number of aliphatic hydroxyl groups is 1. The van der Waals surface area contributed by atoms with Gasteiger partial charge in [0.2, 0.25) is 0 Å². The van der Waals surface area contributed by atoms with Crippen LogP contribution in [0.5, 0.6) is 0 Å². The maximum Gasteiger partial charge on any atom is 0.472 e. The lowest BCUT2D eigenvalue weighted by atomic mass is 10.1. The first-order valence-corrected chi connectivity index (χ1v) is 20.1. The summed E-state index contributed by atoms with van der Waals surface area (Å²) in [6, 6.07) is 0.226. The van der Waals surface area contributed by atoms with Crippen LogP contribution in [0.25, 0.3) is 11.2 Å². The second kappa shape index (κ2) is 16.3. The number of thioether (sulfide) groups is 1. The number of phosphoric ester groups is 2. The second-order valence-electron chi connectivity index (χ2n) is 12.2. The monoisotopic (exact) mass is 808 g/mol. The maximum atomic E-state index is 13.3. The summed E-state index contributed by atoms with van der Waals surface area (Å²) in [5, 5.41) is 14.9. The van der Waals surface area contributed by atoms with Crippen LogP contribution in [0.15, 0.2) is 29.7 Å². The molecular weight excluding hydrogens is 770 g/mol. The number of nitrogens with zero attached hydrogens (tertiary/aromatic N) is 6. The summed E-state index contributed by atoms with van der Waals surface area (Å²) >= 11 is 1.70. The number of phosphoric acid groups is 2. The summed E-state index contributed by atoms with van der Waals surface area (Å²) in [7, 11) is -10.2. The summed E-state index contributed by atoms with van der Waals surface area (Å²) in [6.45, 7) is -0.852. The molecule has 3 saturated heterocycles. The van der Waals surface area contributed by atoms with Gasteiger partial charge in [-0.05, 0) is 18.9 Å². The minimum Gasteiger partial charge on any atom is -0.455 e. The molecule has 53 heavy (non-hydrogen) atoms. The molecule has 3 aromatic heterocycles. The summed E-state index contributed by atoms with van der Waals surface area (Å²) in [6.07, 6.45) is -5.55. The SMILES string of the molecule is Nc1ccn(C2C[C@H](OP(=O)(O)OC[C@@H]3OC(n4cnc5c(N)ncnc54)[C@H](O)[C@@H]3OC(=O)C(N)CC[C@H]3CNCS3)[C@@H](COP(=O)(O)O)O2)c(=O)n1. The van der Waals surface area contributed by atoms with Gasteiger partial charge in [-0.15, -0.1) is 11.8 Å². The van der Waals surface area contributed by atoms with Gasteiger partial charge in [0, 0.05) is 30.3 Å². The summed E-state index contributed by atoms with van der Waals surface area (Å²) in [4.78, 5) is 70.6. The van der Waals surface area contributed by atoms with Gasteiger partial charge in [0.05, 0.1) is 19.5 Å². The predicted octanol–water partition coefficient (Wildman–Crippen LogP) is -1.91. The number of carbonyl (C=O) groups is 1. The van der Waals surface area contributed by atoms with Crippen molar-refractivity contribution in [1.82, 2.24) is 34.4 Å². The van der Waals surface area contributed by atoms with Crippen LogP contribution in [-0.2, 0) is 41.7 Å². The fourth-order valence-electron chi connectivity index (χ4n) is 5.95. The highest BCUT2D eigenvalue weighted by Gasteiger charge is 2.50. The number of imidazole rings is 1. The fourth-order valence-corrected chi connectivity index (χ4v) is 8.26. The van der Waals surface area contributed by atoms with Gasteiger partial charge in [0.25, 0.3) is 0 Å². The Morgan fingerprint density at radius 2 is 1.89 bits per heavy atom. The van der Waals surface area contributed by atoms with Crippen LogP contribution in [0.3, 0.4) is 0 Å². The molecule has 24 nitrogen and oxygen atoms in total. The van der Waals surface area contributed by atoms with Crippen molar-refractivity contribution in [2.24, 2.45) is 5.73 Å². The van der Waals surface area contributed by atoms with Crippen LogP contribution >= 0.6 is 27.4 Å². The minimum atomic E-state index is -5.13. The largest absolute Gasteiger partial charge is 0.472 e. The van der Waals surface area contributed by atoms with E-state index in [1.807, 2.05) is 0 Å². The van der Waals surface area contributed by atoms with Gasteiger partial charge in [-0.1, -0.05) is 0 Å². The zero-order valence-corrected chi connectivity index (χ0v) is 30.1. The van der Waals surface area contributed by atoms with E-state index in [9.17, 15) is 38.5 Å². The van der Waals surface area contributed by atoms with Crippen LogP contribution in [0.4, 0.5) is 11.6 Å². The molecule has 0 saturated carbocycles. The van der Waals surface area contributed by atoms with E-state index in [1.54, 1.807) is 11.8 Å². The first-order chi connectivity index (χ1) is 25.1. The molecule has 3 aromatic rings. The van der Waals surface area contributed by atoms with Crippen LogP contribution < -0.4 is 28.2 Å². The van der Waals surface area contributed by atoms with E-state index in [0.717, 1.165) is 17.0 Å². The van der Waals surface area contributed by atoms with E-state index >= 15 is 0 Å². The third-order valence-electron chi connectivity index (χ3n) is 8.54. The molecule has 6 rings (SSSR count). The van der Waals surface area contributed by atoms with Crippen molar-refractivity contribution in [3.8, 4) is 0 Å². The molecule has 0 aliphatic carbocycles. The molecule has 3 fully saturated rings. The molecule has 292 valence electrons. The van der Waals surface area contributed by atoms with E-state index in [1.165, 1.54) is 29.5 Å². The molecule has 11 N–H and O–H groups in total. The Bertz CT molecular complexity index is 1930. The summed E-state index contributed by atoms with van der Waals surface area (Å²) in [5.41, 5.74) is 17.1.